The molecule has 0 fully saturated rings. The van der Waals surface area contributed by atoms with Gasteiger partial charge in [0, 0.05) is 35.1 Å². The van der Waals surface area contributed by atoms with E-state index in [9.17, 15) is 4.79 Å². The highest BCUT2D eigenvalue weighted by Gasteiger charge is 2.22. The van der Waals surface area contributed by atoms with Gasteiger partial charge in [0.25, 0.3) is 0 Å². The maximum Gasteiger partial charge on any atom is 0.229 e. The largest absolute Gasteiger partial charge is 0.335 e. The number of hydrogen-bond donors (Lipinski definition) is 3. The van der Waals surface area contributed by atoms with Crippen LogP contribution in [0, 0.1) is 5.41 Å². The Bertz CT molecular complexity index is 1760. The monoisotopic (exact) mass is 489 g/mol. The molecule has 0 spiro atoms. The molecule has 182 valence electrons. The number of aromatic amines is 2. The molecule has 6 aromatic heterocycles. The molecule has 0 bridgehead atoms. The maximum atomic E-state index is 12.4. The highest BCUT2D eigenvalue weighted by atomic mass is 16.2. The number of nitrogens with one attached hydrogen (secondary N) is 3. The first-order chi connectivity index (χ1) is 17.9. The Labute approximate surface area is 211 Å². The predicted octanol–water partition coefficient (Wildman–Crippen LogP) is 5.00. The average molecular weight is 490 g/mol. The Kier molecular flexibility index (Phi) is 5.22. The lowest BCUT2D eigenvalue weighted by atomic mass is 9.95. The smallest absolute Gasteiger partial charge is 0.229 e. The molecule has 0 saturated carbocycles. The summed E-state index contributed by atoms with van der Waals surface area (Å²) in [5.74, 6) is 0.460. The summed E-state index contributed by atoms with van der Waals surface area (Å²) in [7, 11) is 0. The van der Waals surface area contributed by atoms with Gasteiger partial charge in [-0.05, 0) is 36.4 Å². The minimum Gasteiger partial charge on any atom is -0.335 e. The first-order valence-corrected chi connectivity index (χ1v) is 11.8. The number of rotatable bonds is 4. The van der Waals surface area contributed by atoms with Gasteiger partial charge in [0.15, 0.2) is 17.2 Å². The van der Waals surface area contributed by atoms with Crippen LogP contribution in [-0.4, -0.2) is 46.0 Å². The topological polar surface area (TPSA) is 138 Å². The van der Waals surface area contributed by atoms with E-state index in [1.54, 1.807) is 24.8 Å². The molecule has 3 N–H and O–H groups in total. The van der Waals surface area contributed by atoms with Gasteiger partial charge < -0.3 is 10.3 Å². The lowest BCUT2D eigenvalue weighted by Crippen LogP contribution is -2.27. The first-order valence-electron chi connectivity index (χ1n) is 11.8. The SMILES string of the molecule is CC(C)(C)C(=O)Nc1cncc(-c2ccc3[nH]nc(-c4nc5nccc(-c6ccccn6)c5[nH]4)c3n2)c1. The van der Waals surface area contributed by atoms with Crippen molar-refractivity contribution in [3.05, 3.63) is 67.3 Å². The quantitative estimate of drug-likeness (QED) is 0.317. The molecule has 0 unspecified atom stereocenters. The second kappa shape index (κ2) is 8.59. The van der Waals surface area contributed by atoms with E-state index in [0.29, 0.717) is 34.1 Å². The zero-order valence-corrected chi connectivity index (χ0v) is 20.4. The summed E-state index contributed by atoms with van der Waals surface area (Å²) < 4.78 is 0. The van der Waals surface area contributed by atoms with Gasteiger partial charge in [-0.15, -0.1) is 0 Å². The number of fused-ring (bicyclic) bond motifs is 2. The molecule has 1 amide bonds. The summed E-state index contributed by atoms with van der Waals surface area (Å²) in [6, 6.07) is 13.3. The van der Waals surface area contributed by atoms with E-state index in [1.165, 1.54) is 0 Å². The van der Waals surface area contributed by atoms with Crippen LogP contribution >= 0.6 is 0 Å². The van der Waals surface area contributed by atoms with Crippen molar-refractivity contribution >= 4 is 33.8 Å². The van der Waals surface area contributed by atoms with Gasteiger partial charge in [0.1, 0.15) is 5.52 Å². The summed E-state index contributed by atoms with van der Waals surface area (Å²) in [4.78, 5) is 38.5. The van der Waals surface area contributed by atoms with Gasteiger partial charge in [-0.25, -0.2) is 15.0 Å². The Hall–Kier alpha value is -4.99. The van der Waals surface area contributed by atoms with Gasteiger partial charge in [-0.1, -0.05) is 26.8 Å². The normalized spacial score (nSPS) is 11.8. The third-order valence-corrected chi connectivity index (χ3v) is 5.94. The highest BCUT2D eigenvalue weighted by Crippen LogP contribution is 2.30. The second-order valence-corrected chi connectivity index (χ2v) is 9.69. The van der Waals surface area contributed by atoms with Crippen molar-refractivity contribution in [2.24, 2.45) is 5.41 Å². The zero-order chi connectivity index (χ0) is 25.6. The number of aromatic nitrogens is 8. The van der Waals surface area contributed by atoms with Gasteiger partial charge in [-0.3, -0.25) is 19.9 Å². The van der Waals surface area contributed by atoms with Crippen LogP contribution in [0.15, 0.2) is 67.3 Å². The van der Waals surface area contributed by atoms with E-state index >= 15 is 0 Å². The van der Waals surface area contributed by atoms with Crippen molar-refractivity contribution in [2.75, 3.05) is 5.32 Å². The van der Waals surface area contributed by atoms with E-state index in [2.05, 4.69) is 40.4 Å². The first kappa shape index (κ1) is 22.5. The number of imidazole rings is 1. The molecule has 6 heterocycles. The minimum absolute atomic E-state index is 0.0875. The fraction of sp³-hybridized carbons (Fsp3) is 0.148. The Morgan fingerprint density at radius 2 is 1.84 bits per heavy atom. The van der Waals surface area contributed by atoms with Crippen LogP contribution < -0.4 is 5.32 Å². The van der Waals surface area contributed by atoms with Crippen LogP contribution in [0.25, 0.3) is 56.2 Å². The number of carbonyl (C=O) groups is 1. The van der Waals surface area contributed by atoms with E-state index < -0.39 is 5.41 Å². The van der Waals surface area contributed by atoms with Crippen molar-refractivity contribution in [2.45, 2.75) is 20.8 Å². The van der Waals surface area contributed by atoms with Crippen LogP contribution in [0.1, 0.15) is 20.8 Å². The van der Waals surface area contributed by atoms with Crippen LogP contribution in [0.3, 0.4) is 0 Å². The number of carbonyl (C=O) groups excluding carboxylic acids is 1. The molecule has 0 radical (unpaired) electrons. The molecule has 0 aliphatic carbocycles. The van der Waals surface area contributed by atoms with Gasteiger partial charge in [0.2, 0.25) is 5.91 Å². The average Bonchev–Trinajstić information content (AvgIpc) is 3.52. The maximum absolute atomic E-state index is 12.4. The lowest BCUT2D eigenvalue weighted by Gasteiger charge is -2.17. The predicted molar refractivity (Wildman–Crippen MR) is 141 cm³/mol. The number of H-pyrrole nitrogens is 2. The van der Waals surface area contributed by atoms with E-state index in [4.69, 9.17) is 4.98 Å². The van der Waals surface area contributed by atoms with Crippen molar-refractivity contribution in [3.8, 4) is 34.0 Å². The number of anilines is 1. The molecule has 0 aliphatic heterocycles. The fourth-order valence-corrected chi connectivity index (χ4v) is 3.95. The Balaban J connectivity index is 1.40. The number of pyridine rings is 4. The Morgan fingerprint density at radius 3 is 2.65 bits per heavy atom. The standard InChI is InChI=1S/C27H23N9O/c1-27(2,3)26(37)31-16-12-15(13-28-14-16)18-7-8-20-22(32-18)23(36-35-20)25-33-21-17(9-11-30-24(21)34-25)19-6-4-5-10-29-19/h4-14H,1-3H3,(H,31,37)(H,35,36)(H,30,33,34). The Morgan fingerprint density at radius 1 is 0.946 bits per heavy atom. The molecular weight excluding hydrogens is 466 g/mol. The molecule has 10 nitrogen and oxygen atoms in total. The second-order valence-electron chi connectivity index (χ2n) is 9.69. The number of hydrogen-bond acceptors (Lipinski definition) is 7. The van der Waals surface area contributed by atoms with Crippen LogP contribution in [0.5, 0.6) is 0 Å². The molecule has 0 saturated heterocycles. The molecule has 6 aromatic rings. The molecular formula is C27H23N9O. The summed E-state index contributed by atoms with van der Waals surface area (Å²) in [5.41, 5.74) is 6.61. The molecule has 0 aromatic carbocycles. The van der Waals surface area contributed by atoms with Crippen molar-refractivity contribution in [3.63, 3.8) is 0 Å². The van der Waals surface area contributed by atoms with Crippen LogP contribution in [0.4, 0.5) is 5.69 Å². The molecule has 10 heteroatoms. The lowest BCUT2D eigenvalue weighted by molar-refractivity contribution is -0.123. The minimum atomic E-state index is -0.517. The van der Waals surface area contributed by atoms with Crippen molar-refractivity contribution < 1.29 is 4.79 Å². The van der Waals surface area contributed by atoms with Crippen LogP contribution in [0.2, 0.25) is 0 Å². The van der Waals surface area contributed by atoms with E-state index in [-0.39, 0.29) is 5.91 Å². The van der Waals surface area contributed by atoms with Gasteiger partial charge >= 0.3 is 0 Å². The zero-order valence-electron chi connectivity index (χ0n) is 20.4. The van der Waals surface area contributed by atoms with E-state index in [0.717, 1.165) is 27.9 Å². The fourth-order valence-electron chi connectivity index (χ4n) is 3.95. The van der Waals surface area contributed by atoms with Crippen molar-refractivity contribution in [1.82, 2.24) is 40.1 Å². The molecule has 6 rings (SSSR count). The third-order valence-electron chi connectivity index (χ3n) is 5.94. The number of amides is 1. The van der Waals surface area contributed by atoms with E-state index in [1.807, 2.05) is 63.2 Å². The van der Waals surface area contributed by atoms with Gasteiger partial charge in [-0.2, -0.15) is 5.10 Å². The van der Waals surface area contributed by atoms with Crippen molar-refractivity contribution in [1.29, 1.82) is 0 Å². The molecule has 0 aliphatic rings. The van der Waals surface area contributed by atoms with Crippen LogP contribution in [-0.2, 0) is 4.79 Å². The highest BCUT2D eigenvalue weighted by molar-refractivity contribution is 5.96. The van der Waals surface area contributed by atoms with Gasteiger partial charge in [0.05, 0.1) is 34.3 Å². The molecule has 0 atom stereocenters. The summed E-state index contributed by atoms with van der Waals surface area (Å²) in [6.07, 6.45) is 6.80. The summed E-state index contributed by atoms with van der Waals surface area (Å²) in [5, 5.41) is 10.4. The summed E-state index contributed by atoms with van der Waals surface area (Å²) in [6.45, 7) is 5.59. The number of nitrogens with zero attached hydrogens (tertiary/aromatic N) is 6. The molecule has 37 heavy (non-hydrogen) atoms. The summed E-state index contributed by atoms with van der Waals surface area (Å²) >= 11 is 0. The third kappa shape index (κ3) is 4.18.